The number of aromatic hydroxyl groups is 2. The van der Waals surface area contributed by atoms with E-state index in [1.807, 2.05) is 0 Å². The number of nitrogens with one attached hydrogen (secondary N) is 1. The van der Waals surface area contributed by atoms with E-state index in [2.05, 4.69) is 17.3 Å². The third kappa shape index (κ3) is 5.13. The fraction of sp³-hybridized carbons (Fsp3) is 0.381. The van der Waals surface area contributed by atoms with Crippen molar-refractivity contribution in [1.82, 2.24) is 15.1 Å². The van der Waals surface area contributed by atoms with Crippen molar-refractivity contribution in [2.24, 2.45) is 0 Å². The third-order valence-corrected chi connectivity index (χ3v) is 5.13. The van der Waals surface area contributed by atoms with Gasteiger partial charge in [0.05, 0.1) is 0 Å². The van der Waals surface area contributed by atoms with Crippen molar-refractivity contribution >= 4 is 6.03 Å². The van der Waals surface area contributed by atoms with E-state index < -0.39 is 11.6 Å². The summed E-state index contributed by atoms with van der Waals surface area (Å²) in [5.74, 6) is -0.907. The van der Waals surface area contributed by atoms with Gasteiger partial charge in [0.25, 0.3) is 0 Å². The highest BCUT2D eigenvalue weighted by atomic mass is 19.1. The molecule has 2 aromatic carbocycles. The van der Waals surface area contributed by atoms with Gasteiger partial charge in [-0.3, -0.25) is 0 Å². The number of rotatable bonds is 5. The Kier molecular flexibility index (Phi) is 6.36. The van der Waals surface area contributed by atoms with E-state index in [-0.39, 0.29) is 17.8 Å². The van der Waals surface area contributed by atoms with Gasteiger partial charge in [0.2, 0.25) is 0 Å². The summed E-state index contributed by atoms with van der Waals surface area (Å²) in [6, 6.07) is 10.7. The fourth-order valence-electron chi connectivity index (χ4n) is 3.42. The van der Waals surface area contributed by atoms with Crippen LogP contribution in [-0.2, 0) is 13.1 Å². The van der Waals surface area contributed by atoms with Crippen molar-refractivity contribution in [2.45, 2.75) is 32.0 Å². The molecule has 1 heterocycles. The van der Waals surface area contributed by atoms with Gasteiger partial charge in [-0.1, -0.05) is 18.2 Å². The largest absolute Gasteiger partial charge is 0.508 e. The first-order chi connectivity index (χ1) is 13.4. The molecule has 28 heavy (non-hydrogen) atoms. The van der Waals surface area contributed by atoms with Crippen molar-refractivity contribution in [1.29, 1.82) is 0 Å². The lowest BCUT2D eigenvalue weighted by Crippen LogP contribution is -2.49. The first-order valence-electron chi connectivity index (χ1n) is 9.40. The van der Waals surface area contributed by atoms with Gasteiger partial charge >= 0.3 is 6.03 Å². The zero-order chi connectivity index (χ0) is 20.1. The summed E-state index contributed by atoms with van der Waals surface area (Å²) in [6.45, 7) is 2.45. The Labute approximate surface area is 164 Å². The normalized spacial score (nSPS) is 15.4. The predicted molar refractivity (Wildman–Crippen MR) is 104 cm³/mol. The van der Waals surface area contributed by atoms with E-state index in [0.29, 0.717) is 18.7 Å². The zero-order valence-electron chi connectivity index (χ0n) is 15.9. The van der Waals surface area contributed by atoms with Crippen molar-refractivity contribution in [3.8, 4) is 11.5 Å². The molecular weight excluding hydrogens is 361 g/mol. The Morgan fingerprint density at radius 2 is 1.79 bits per heavy atom. The molecule has 0 spiro atoms. The number of amides is 2. The maximum atomic E-state index is 13.4. The van der Waals surface area contributed by atoms with Crippen molar-refractivity contribution in [3.63, 3.8) is 0 Å². The highest BCUT2D eigenvalue weighted by Crippen LogP contribution is 2.22. The van der Waals surface area contributed by atoms with Gasteiger partial charge in [-0.2, -0.15) is 0 Å². The fourth-order valence-corrected chi connectivity index (χ4v) is 3.42. The standard InChI is InChI=1S/C21H26FN3O3/c1-24-10-8-17(9-11-24)25(14-16-4-7-19(22)20(27)12-16)21(28)23-13-15-2-5-18(26)6-3-15/h2-7,12,17,26-27H,8-11,13-14H2,1H3,(H,23,28). The number of nitrogens with zero attached hydrogens (tertiary/aromatic N) is 2. The Bertz CT molecular complexity index is 805. The summed E-state index contributed by atoms with van der Waals surface area (Å²) in [7, 11) is 2.06. The van der Waals surface area contributed by atoms with Gasteiger partial charge in [-0.05, 0) is 68.4 Å². The summed E-state index contributed by atoms with van der Waals surface area (Å²) in [6.07, 6.45) is 1.71. The summed E-state index contributed by atoms with van der Waals surface area (Å²) in [5.41, 5.74) is 1.56. The van der Waals surface area contributed by atoms with Gasteiger partial charge in [0.15, 0.2) is 11.6 Å². The van der Waals surface area contributed by atoms with Gasteiger partial charge in [-0.25, -0.2) is 9.18 Å². The average molecular weight is 387 g/mol. The molecule has 0 aromatic heterocycles. The lowest BCUT2D eigenvalue weighted by molar-refractivity contribution is 0.127. The Hall–Kier alpha value is -2.80. The molecule has 1 fully saturated rings. The van der Waals surface area contributed by atoms with Crippen LogP contribution < -0.4 is 5.32 Å². The molecule has 0 unspecified atom stereocenters. The number of carbonyl (C=O) groups is 1. The molecule has 6 nitrogen and oxygen atoms in total. The quantitative estimate of drug-likeness (QED) is 0.737. The number of likely N-dealkylation sites (tertiary alicyclic amines) is 1. The number of phenols is 2. The van der Waals surface area contributed by atoms with Gasteiger partial charge < -0.3 is 25.3 Å². The molecule has 3 rings (SSSR count). The number of halogens is 1. The van der Waals surface area contributed by atoms with Crippen LogP contribution in [0.3, 0.4) is 0 Å². The summed E-state index contributed by atoms with van der Waals surface area (Å²) >= 11 is 0. The van der Waals surface area contributed by atoms with Crippen LogP contribution in [0.25, 0.3) is 0 Å². The van der Waals surface area contributed by atoms with E-state index in [0.717, 1.165) is 31.5 Å². The number of piperidine rings is 1. The van der Waals surface area contributed by atoms with E-state index in [1.54, 1.807) is 35.2 Å². The van der Waals surface area contributed by atoms with E-state index >= 15 is 0 Å². The van der Waals surface area contributed by atoms with Crippen molar-refractivity contribution in [2.75, 3.05) is 20.1 Å². The number of benzene rings is 2. The third-order valence-electron chi connectivity index (χ3n) is 5.13. The Morgan fingerprint density at radius 3 is 2.43 bits per heavy atom. The minimum atomic E-state index is -0.675. The molecule has 2 amide bonds. The SMILES string of the molecule is CN1CCC(N(Cc2ccc(F)c(O)c2)C(=O)NCc2ccc(O)cc2)CC1. The highest BCUT2D eigenvalue weighted by molar-refractivity contribution is 5.74. The molecule has 1 aliphatic rings. The molecule has 0 bridgehead atoms. The lowest BCUT2D eigenvalue weighted by Gasteiger charge is -2.37. The first kappa shape index (κ1) is 19.9. The maximum Gasteiger partial charge on any atom is 0.318 e. The molecule has 1 aliphatic heterocycles. The number of carbonyl (C=O) groups excluding carboxylic acids is 1. The average Bonchev–Trinajstić information content (AvgIpc) is 2.69. The van der Waals surface area contributed by atoms with E-state index in [4.69, 9.17) is 0 Å². The Morgan fingerprint density at radius 1 is 1.14 bits per heavy atom. The van der Waals surface area contributed by atoms with Crippen molar-refractivity contribution < 1.29 is 19.4 Å². The zero-order valence-corrected chi connectivity index (χ0v) is 15.9. The van der Waals surface area contributed by atoms with Gasteiger partial charge in [0.1, 0.15) is 5.75 Å². The second-order valence-corrected chi connectivity index (χ2v) is 7.27. The monoisotopic (exact) mass is 387 g/mol. The van der Waals surface area contributed by atoms with E-state index in [9.17, 15) is 19.4 Å². The number of urea groups is 1. The molecule has 150 valence electrons. The van der Waals surface area contributed by atoms with Crippen LogP contribution in [0.5, 0.6) is 11.5 Å². The molecule has 0 atom stereocenters. The summed E-state index contributed by atoms with van der Waals surface area (Å²) in [4.78, 5) is 16.9. The molecule has 0 radical (unpaired) electrons. The molecule has 3 N–H and O–H groups in total. The van der Waals surface area contributed by atoms with Gasteiger partial charge in [0, 0.05) is 19.1 Å². The Balaban J connectivity index is 1.71. The second-order valence-electron chi connectivity index (χ2n) is 7.27. The van der Waals surface area contributed by atoms with Crippen LogP contribution in [0.4, 0.5) is 9.18 Å². The maximum absolute atomic E-state index is 13.4. The number of hydrogen-bond acceptors (Lipinski definition) is 4. The lowest BCUT2D eigenvalue weighted by atomic mass is 10.0. The molecule has 2 aromatic rings. The van der Waals surface area contributed by atoms with Crippen LogP contribution in [0, 0.1) is 5.82 Å². The smallest absolute Gasteiger partial charge is 0.318 e. The van der Waals surface area contributed by atoms with Crippen LogP contribution in [0.15, 0.2) is 42.5 Å². The number of hydrogen-bond donors (Lipinski definition) is 3. The van der Waals surface area contributed by atoms with Gasteiger partial charge in [-0.15, -0.1) is 0 Å². The molecule has 1 saturated heterocycles. The minimum absolute atomic E-state index is 0.0724. The van der Waals surface area contributed by atoms with Crippen molar-refractivity contribution in [3.05, 3.63) is 59.4 Å². The second kappa shape index (κ2) is 8.93. The molecule has 0 aliphatic carbocycles. The van der Waals surface area contributed by atoms with Crippen LogP contribution >= 0.6 is 0 Å². The van der Waals surface area contributed by atoms with Crippen LogP contribution in [0.1, 0.15) is 24.0 Å². The predicted octanol–water partition coefficient (Wildman–Crippen LogP) is 3.04. The van der Waals surface area contributed by atoms with Crippen LogP contribution in [0.2, 0.25) is 0 Å². The van der Waals surface area contributed by atoms with E-state index in [1.165, 1.54) is 12.1 Å². The first-order valence-corrected chi connectivity index (χ1v) is 9.40. The molecular formula is C21H26FN3O3. The minimum Gasteiger partial charge on any atom is -0.508 e. The molecule has 0 saturated carbocycles. The summed E-state index contributed by atoms with van der Waals surface area (Å²) < 4.78 is 13.4. The summed E-state index contributed by atoms with van der Waals surface area (Å²) in [5, 5.41) is 22.0. The van der Waals surface area contributed by atoms with Crippen LogP contribution in [-0.4, -0.2) is 52.2 Å². The highest BCUT2D eigenvalue weighted by Gasteiger charge is 2.27. The topological polar surface area (TPSA) is 76.0 Å². The molecule has 7 heteroatoms. The number of phenolic OH excluding ortho intramolecular Hbond substituents is 2.